The molecule has 1 aliphatic heterocycles. The number of esters is 2. The number of aromatic nitrogens is 1. The minimum absolute atomic E-state index is 0.0752. The Hall–Kier alpha value is -4.69. The maximum absolute atomic E-state index is 11.9. The summed E-state index contributed by atoms with van der Waals surface area (Å²) in [4.78, 5) is 37.7. The summed E-state index contributed by atoms with van der Waals surface area (Å²) in [5.74, 6) is -0.149. The highest BCUT2D eigenvalue weighted by Crippen LogP contribution is 2.28. The lowest BCUT2D eigenvalue weighted by Crippen LogP contribution is -2.40. The summed E-state index contributed by atoms with van der Waals surface area (Å²) in [6.07, 6.45) is -0.925. The van der Waals surface area contributed by atoms with Crippen LogP contribution >= 0.6 is 0 Å². The van der Waals surface area contributed by atoms with Gasteiger partial charge in [0.1, 0.15) is 17.5 Å². The molecule has 1 aromatic heterocycles. The molecule has 0 aliphatic carbocycles. The number of alkyl halides is 3. The molecule has 14 heteroatoms. The topological polar surface area (TPSA) is 132 Å². The number of carbonyl (C=O) groups excluding carboxylic acids is 3. The highest BCUT2D eigenvalue weighted by atomic mass is 19.4. The minimum atomic E-state index is -4.60. The summed E-state index contributed by atoms with van der Waals surface area (Å²) in [6.45, 7) is 7.90. The molecular weight excluding hydrogens is 661 g/mol. The van der Waals surface area contributed by atoms with Gasteiger partial charge in [-0.05, 0) is 57.4 Å². The number of aryl methyl sites for hydroxylation is 1. The molecule has 0 radical (unpaired) electrons. The second kappa shape index (κ2) is 21.4. The number of likely N-dealkylation sites (N-methyl/N-ethyl adjacent to an activating group) is 1. The quantitative estimate of drug-likeness (QED) is 0.149. The second-order valence-corrected chi connectivity index (χ2v) is 11.5. The highest BCUT2D eigenvalue weighted by Gasteiger charge is 2.31. The van der Waals surface area contributed by atoms with Gasteiger partial charge in [0, 0.05) is 18.9 Å². The van der Waals surface area contributed by atoms with Gasteiger partial charge in [-0.1, -0.05) is 61.9 Å². The van der Waals surface area contributed by atoms with Crippen LogP contribution in [0, 0.1) is 18.8 Å². The maximum Gasteiger partial charge on any atom is 0.573 e. The van der Waals surface area contributed by atoms with E-state index in [2.05, 4.69) is 27.2 Å². The number of nitrogens with one attached hydrogen (secondary N) is 1. The summed E-state index contributed by atoms with van der Waals surface area (Å²) < 4.78 is 64.8. The molecule has 2 aromatic carbocycles. The molecule has 2 heterocycles. The summed E-state index contributed by atoms with van der Waals surface area (Å²) in [6, 6.07) is 17.2. The second-order valence-electron chi connectivity index (χ2n) is 11.5. The molecule has 1 N–H and O–H groups in total. The smallest absolute Gasteiger partial charge is 0.493 e. The van der Waals surface area contributed by atoms with E-state index < -0.39 is 6.36 Å². The van der Waals surface area contributed by atoms with E-state index in [4.69, 9.17) is 23.7 Å². The Labute approximate surface area is 290 Å². The van der Waals surface area contributed by atoms with Gasteiger partial charge >= 0.3 is 18.3 Å². The number of methoxy groups -OCH3 is 1. The van der Waals surface area contributed by atoms with Crippen molar-refractivity contribution in [2.45, 2.75) is 59.0 Å². The Morgan fingerprint density at radius 2 is 1.76 bits per heavy atom. The van der Waals surface area contributed by atoms with Crippen LogP contribution in [0.4, 0.5) is 13.2 Å². The molecule has 1 fully saturated rings. The predicted octanol–water partition coefficient (Wildman–Crippen LogP) is 6.12. The third kappa shape index (κ3) is 15.7. The lowest BCUT2D eigenvalue weighted by molar-refractivity contribution is -0.274. The van der Waals surface area contributed by atoms with E-state index in [1.807, 2.05) is 25.1 Å². The van der Waals surface area contributed by atoms with Crippen LogP contribution in [-0.4, -0.2) is 75.9 Å². The van der Waals surface area contributed by atoms with Gasteiger partial charge < -0.3 is 33.7 Å². The lowest BCUT2D eigenvalue weighted by atomic mass is 9.95. The van der Waals surface area contributed by atoms with E-state index >= 15 is 0 Å². The van der Waals surface area contributed by atoms with Crippen molar-refractivity contribution in [2.24, 2.45) is 11.8 Å². The van der Waals surface area contributed by atoms with Gasteiger partial charge in [0.25, 0.3) is 0 Å². The van der Waals surface area contributed by atoms with E-state index in [1.165, 1.54) is 31.0 Å². The molecule has 274 valence electrons. The zero-order valence-corrected chi connectivity index (χ0v) is 29.0. The number of cyclic esters (lactones) is 1. The molecule has 3 atom stereocenters. The van der Waals surface area contributed by atoms with Gasteiger partial charge in [-0.2, -0.15) is 0 Å². The fourth-order valence-electron chi connectivity index (χ4n) is 4.47. The van der Waals surface area contributed by atoms with Crippen molar-refractivity contribution in [1.29, 1.82) is 0 Å². The van der Waals surface area contributed by atoms with Crippen LogP contribution in [0.2, 0.25) is 0 Å². The van der Waals surface area contributed by atoms with Gasteiger partial charge in [-0.15, -0.1) is 13.2 Å². The minimum Gasteiger partial charge on any atom is -0.493 e. The van der Waals surface area contributed by atoms with Crippen LogP contribution in [0.3, 0.4) is 0 Å². The average Bonchev–Trinajstić information content (AvgIpc) is 3.14. The van der Waals surface area contributed by atoms with E-state index in [9.17, 15) is 27.6 Å². The molecule has 50 heavy (non-hydrogen) atoms. The first-order valence-electron chi connectivity index (χ1n) is 15.9. The third-order valence-corrected chi connectivity index (χ3v) is 6.98. The van der Waals surface area contributed by atoms with Gasteiger partial charge in [-0.25, -0.2) is 4.98 Å². The Morgan fingerprint density at radius 1 is 1.08 bits per heavy atom. The summed E-state index contributed by atoms with van der Waals surface area (Å²) in [5.41, 5.74) is 2.28. The number of hydrogen-bond acceptors (Lipinski definition) is 11. The highest BCUT2D eigenvalue weighted by molar-refractivity contribution is 5.78. The number of hydrogen-bond donors (Lipinski definition) is 1. The van der Waals surface area contributed by atoms with Gasteiger partial charge in [0.15, 0.2) is 17.8 Å². The number of benzene rings is 2. The molecular formula is C36H45F3N2O9. The molecule has 3 aromatic rings. The number of pyridine rings is 1. The number of nitrogens with zero attached hydrogens (tertiary/aromatic N) is 1. The van der Waals surface area contributed by atoms with Crippen molar-refractivity contribution in [2.75, 3.05) is 34.2 Å². The van der Waals surface area contributed by atoms with Gasteiger partial charge in [0.05, 0.1) is 25.7 Å². The summed E-state index contributed by atoms with van der Waals surface area (Å²) >= 11 is 0. The van der Waals surface area contributed by atoms with Crippen molar-refractivity contribution in [3.63, 3.8) is 0 Å². The Bertz CT molecular complexity index is 1460. The standard InChI is InChI=1S/C16H23NO3.C12H15NO5.C8H7F3O/c1-12-8-14(9-13-6-4-3-5-7-13)10-19-11-15(17-2)16(18)20-12;1-8(2)12(15)18-7-17-11-9(6-14)13-5-4-10(11)16-3;1-6-2-4-7(5-3-6)12-8(9,10)11/h3-7,12,14-15,17H,8-11H2,1-2H3;4-6,8H,7H2,1-3H3;2-5H,1H3/t12?,14?,15-;;/m0../s1. The Balaban J connectivity index is 0.000000268. The van der Waals surface area contributed by atoms with Crippen molar-refractivity contribution in [3.8, 4) is 17.2 Å². The normalized spacial score (nSPS) is 17.6. The van der Waals surface area contributed by atoms with Crippen LogP contribution in [0.5, 0.6) is 17.2 Å². The van der Waals surface area contributed by atoms with Crippen molar-refractivity contribution >= 4 is 18.2 Å². The fourth-order valence-corrected chi connectivity index (χ4v) is 4.47. The molecule has 0 amide bonds. The predicted molar refractivity (Wildman–Crippen MR) is 178 cm³/mol. The zero-order valence-electron chi connectivity index (χ0n) is 29.0. The average molecular weight is 707 g/mol. The van der Waals surface area contributed by atoms with Crippen LogP contribution in [-0.2, 0) is 30.2 Å². The first kappa shape index (κ1) is 41.5. The van der Waals surface area contributed by atoms with Crippen molar-refractivity contribution < 1.29 is 56.0 Å². The van der Waals surface area contributed by atoms with Gasteiger partial charge in [-0.3, -0.25) is 14.4 Å². The number of halogens is 3. The summed E-state index contributed by atoms with van der Waals surface area (Å²) in [5, 5.41) is 2.93. The molecule has 4 rings (SSSR count). The first-order chi connectivity index (χ1) is 23.8. The summed E-state index contributed by atoms with van der Waals surface area (Å²) in [7, 11) is 3.19. The van der Waals surface area contributed by atoms with E-state index in [1.54, 1.807) is 46.0 Å². The van der Waals surface area contributed by atoms with Crippen LogP contribution in [0.15, 0.2) is 66.9 Å². The molecule has 2 unspecified atom stereocenters. The number of carbonyl (C=O) groups is 3. The molecule has 1 saturated heterocycles. The molecule has 0 spiro atoms. The Kier molecular flexibility index (Phi) is 17.8. The molecule has 11 nitrogen and oxygen atoms in total. The van der Waals surface area contributed by atoms with Crippen LogP contribution in [0.1, 0.15) is 48.8 Å². The third-order valence-electron chi connectivity index (χ3n) is 6.98. The monoisotopic (exact) mass is 706 g/mol. The Morgan fingerprint density at radius 3 is 2.34 bits per heavy atom. The van der Waals surface area contributed by atoms with Crippen molar-refractivity contribution in [3.05, 3.63) is 83.7 Å². The van der Waals surface area contributed by atoms with E-state index in [0.29, 0.717) is 31.2 Å². The SMILES string of the molecule is CN[C@H]1COCC(Cc2ccccc2)CC(C)OC1=O.COc1ccnc(C=O)c1OCOC(=O)C(C)C.Cc1ccc(OC(F)(F)F)cc1. The zero-order chi connectivity index (χ0) is 37.1. The van der Waals surface area contributed by atoms with Gasteiger partial charge in [0.2, 0.25) is 6.79 Å². The number of rotatable bonds is 10. The van der Waals surface area contributed by atoms with E-state index in [-0.39, 0.29) is 54.0 Å². The van der Waals surface area contributed by atoms with E-state index in [0.717, 1.165) is 18.4 Å². The van der Waals surface area contributed by atoms with Crippen LogP contribution < -0.4 is 19.5 Å². The molecule has 1 aliphatic rings. The maximum atomic E-state index is 11.9. The number of aldehydes is 1. The largest absolute Gasteiger partial charge is 0.573 e. The molecule has 0 saturated carbocycles. The number of ether oxygens (including phenoxy) is 6. The fraction of sp³-hybridized carbons (Fsp3) is 0.444. The first-order valence-corrected chi connectivity index (χ1v) is 15.9. The van der Waals surface area contributed by atoms with Crippen LogP contribution in [0.25, 0.3) is 0 Å². The lowest BCUT2D eigenvalue weighted by Gasteiger charge is -2.19. The van der Waals surface area contributed by atoms with Crippen molar-refractivity contribution in [1.82, 2.24) is 10.3 Å². The molecule has 0 bridgehead atoms.